The third-order valence-corrected chi connectivity index (χ3v) is 4.68. The second-order valence-electron chi connectivity index (χ2n) is 6.63. The van der Waals surface area contributed by atoms with Crippen molar-refractivity contribution >= 4 is 11.8 Å². The summed E-state index contributed by atoms with van der Waals surface area (Å²) in [5.41, 5.74) is 2.01. The molecule has 3 rings (SSSR count). The van der Waals surface area contributed by atoms with Crippen LogP contribution in [0.2, 0.25) is 0 Å². The Labute approximate surface area is 154 Å². The molecule has 136 valence electrons. The first-order valence-electron chi connectivity index (χ1n) is 9.31. The molecule has 0 saturated carbocycles. The van der Waals surface area contributed by atoms with Crippen molar-refractivity contribution in [3.05, 3.63) is 65.5 Å². The molecular formula is C21H25N3O2. The lowest BCUT2D eigenvalue weighted by atomic mass is 10.1. The summed E-state index contributed by atoms with van der Waals surface area (Å²) < 4.78 is 0. The third kappa shape index (κ3) is 4.91. The molecule has 2 heterocycles. The summed E-state index contributed by atoms with van der Waals surface area (Å²) in [6, 6.07) is 13.3. The summed E-state index contributed by atoms with van der Waals surface area (Å²) in [5.74, 6) is -0.251. The monoisotopic (exact) mass is 351 g/mol. The first-order valence-corrected chi connectivity index (χ1v) is 9.31. The van der Waals surface area contributed by atoms with Crippen molar-refractivity contribution in [1.82, 2.24) is 15.2 Å². The summed E-state index contributed by atoms with van der Waals surface area (Å²) in [5, 5.41) is 2.91. The molecule has 0 unspecified atom stereocenters. The average molecular weight is 351 g/mol. The Kier molecular flexibility index (Phi) is 6.36. The first kappa shape index (κ1) is 18.1. The fourth-order valence-corrected chi connectivity index (χ4v) is 3.19. The van der Waals surface area contributed by atoms with Crippen LogP contribution in [0.5, 0.6) is 0 Å². The maximum Gasteiger partial charge on any atom is 0.272 e. The van der Waals surface area contributed by atoms with Gasteiger partial charge in [-0.15, -0.1) is 0 Å². The Morgan fingerprint density at radius 1 is 1.00 bits per heavy atom. The molecular weight excluding hydrogens is 326 g/mol. The van der Waals surface area contributed by atoms with Crippen molar-refractivity contribution in [2.45, 2.75) is 32.1 Å². The number of amides is 2. The van der Waals surface area contributed by atoms with Crippen LogP contribution >= 0.6 is 0 Å². The van der Waals surface area contributed by atoms with Gasteiger partial charge in [-0.1, -0.05) is 43.2 Å². The molecule has 0 spiro atoms. The zero-order chi connectivity index (χ0) is 18.2. The van der Waals surface area contributed by atoms with E-state index in [-0.39, 0.29) is 11.8 Å². The molecule has 0 bridgehead atoms. The molecule has 1 saturated heterocycles. The lowest BCUT2D eigenvalue weighted by Gasteiger charge is -2.19. The molecule has 5 nitrogen and oxygen atoms in total. The van der Waals surface area contributed by atoms with E-state index < -0.39 is 0 Å². The van der Waals surface area contributed by atoms with E-state index in [4.69, 9.17) is 0 Å². The van der Waals surface area contributed by atoms with E-state index in [0.717, 1.165) is 32.4 Å². The topological polar surface area (TPSA) is 62.3 Å². The van der Waals surface area contributed by atoms with Gasteiger partial charge in [0, 0.05) is 31.4 Å². The van der Waals surface area contributed by atoms with Crippen LogP contribution in [0.1, 0.15) is 52.1 Å². The highest BCUT2D eigenvalue weighted by molar-refractivity contribution is 5.98. The number of likely N-dealkylation sites (tertiary alicyclic amines) is 1. The fraction of sp³-hybridized carbons (Fsp3) is 0.381. The summed E-state index contributed by atoms with van der Waals surface area (Å²) in [6.45, 7) is 2.10. The number of benzene rings is 1. The molecule has 2 aromatic rings. The van der Waals surface area contributed by atoms with E-state index in [1.807, 2.05) is 35.2 Å². The molecule has 0 radical (unpaired) electrons. The van der Waals surface area contributed by atoms with Gasteiger partial charge in [-0.3, -0.25) is 14.6 Å². The number of nitrogens with zero attached hydrogens (tertiary/aromatic N) is 2. The van der Waals surface area contributed by atoms with Crippen molar-refractivity contribution in [3.8, 4) is 0 Å². The quantitative estimate of drug-likeness (QED) is 0.900. The standard InChI is InChI=1S/C21H25N3O2/c25-20(23-12-10-17-8-4-3-5-9-17)18-11-13-22-19(16-18)21(26)24-14-6-1-2-7-15-24/h3-5,8-9,11,13,16H,1-2,6-7,10,12,14-15H2,(H,23,25). The Morgan fingerprint density at radius 2 is 1.73 bits per heavy atom. The van der Waals surface area contributed by atoms with Gasteiger partial charge in [0.1, 0.15) is 5.69 Å². The van der Waals surface area contributed by atoms with Crippen LogP contribution in [0.25, 0.3) is 0 Å². The summed E-state index contributed by atoms with van der Waals surface area (Å²) in [6.07, 6.45) is 6.72. The Morgan fingerprint density at radius 3 is 2.46 bits per heavy atom. The van der Waals surface area contributed by atoms with E-state index in [2.05, 4.69) is 10.3 Å². The van der Waals surface area contributed by atoms with Crippen LogP contribution in [0.3, 0.4) is 0 Å². The molecule has 1 aromatic heterocycles. The molecule has 0 aliphatic carbocycles. The van der Waals surface area contributed by atoms with Gasteiger partial charge < -0.3 is 10.2 Å². The molecule has 1 aliphatic rings. The highest BCUT2D eigenvalue weighted by Crippen LogP contribution is 2.13. The van der Waals surface area contributed by atoms with Crippen LogP contribution < -0.4 is 5.32 Å². The number of hydrogen-bond donors (Lipinski definition) is 1. The van der Waals surface area contributed by atoms with Crippen LogP contribution in [0, 0.1) is 0 Å². The van der Waals surface area contributed by atoms with Crippen molar-refractivity contribution in [2.75, 3.05) is 19.6 Å². The Balaban J connectivity index is 1.59. The largest absolute Gasteiger partial charge is 0.352 e. The van der Waals surface area contributed by atoms with E-state index in [0.29, 0.717) is 17.8 Å². The van der Waals surface area contributed by atoms with Gasteiger partial charge >= 0.3 is 0 Å². The number of pyridine rings is 1. The number of carbonyl (C=O) groups is 2. The molecule has 1 aromatic carbocycles. The van der Waals surface area contributed by atoms with Crippen LogP contribution in [-0.4, -0.2) is 41.3 Å². The van der Waals surface area contributed by atoms with Crippen LogP contribution in [-0.2, 0) is 6.42 Å². The third-order valence-electron chi connectivity index (χ3n) is 4.68. The number of aromatic nitrogens is 1. The molecule has 1 aliphatic heterocycles. The SMILES string of the molecule is O=C(NCCc1ccccc1)c1ccnc(C(=O)N2CCCCCC2)c1. The van der Waals surface area contributed by atoms with Gasteiger partial charge in [-0.2, -0.15) is 0 Å². The number of nitrogens with one attached hydrogen (secondary N) is 1. The van der Waals surface area contributed by atoms with Gasteiger partial charge in [-0.25, -0.2) is 0 Å². The molecule has 1 N–H and O–H groups in total. The van der Waals surface area contributed by atoms with Gasteiger partial charge in [-0.05, 0) is 37.0 Å². The molecule has 0 atom stereocenters. The van der Waals surface area contributed by atoms with Gasteiger partial charge in [0.25, 0.3) is 11.8 Å². The van der Waals surface area contributed by atoms with Crippen LogP contribution in [0.15, 0.2) is 48.7 Å². The second-order valence-corrected chi connectivity index (χ2v) is 6.63. The number of carbonyl (C=O) groups excluding carboxylic acids is 2. The lowest BCUT2D eigenvalue weighted by molar-refractivity contribution is 0.0755. The van der Waals surface area contributed by atoms with E-state index in [9.17, 15) is 9.59 Å². The molecule has 5 heteroatoms. The minimum atomic E-state index is -0.173. The van der Waals surface area contributed by atoms with Crippen molar-refractivity contribution in [1.29, 1.82) is 0 Å². The first-order chi connectivity index (χ1) is 12.7. The minimum absolute atomic E-state index is 0.0779. The fourth-order valence-electron chi connectivity index (χ4n) is 3.19. The van der Waals surface area contributed by atoms with E-state index >= 15 is 0 Å². The van der Waals surface area contributed by atoms with E-state index in [1.54, 1.807) is 12.1 Å². The Hall–Kier alpha value is -2.69. The average Bonchev–Trinajstić information content (AvgIpc) is 2.98. The van der Waals surface area contributed by atoms with Crippen LogP contribution in [0.4, 0.5) is 0 Å². The van der Waals surface area contributed by atoms with Gasteiger partial charge in [0.15, 0.2) is 0 Å². The highest BCUT2D eigenvalue weighted by atomic mass is 16.2. The molecule has 2 amide bonds. The lowest BCUT2D eigenvalue weighted by Crippen LogP contribution is -2.33. The summed E-state index contributed by atoms with van der Waals surface area (Å²) in [7, 11) is 0. The number of rotatable bonds is 5. The second kappa shape index (κ2) is 9.13. The van der Waals surface area contributed by atoms with Crippen molar-refractivity contribution in [3.63, 3.8) is 0 Å². The highest BCUT2D eigenvalue weighted by Gasteiger charge is 2.19. The van der Waals surface area contributed by atoms with E-state index in [1.165, 1.54) is 24.6 Å². The Bertz CT molecular complexity index is 738. The predicted molar refractivity (Wildman–Crippen MR) is 101 cm³/mol. The van der Waals surface area contributed by atoms with Gasteiger partial charge in [0.05, 0.1) is 0 Å². The predicted octanol–water partition coefficient (Wildman–Crippen LogP) is 3.07. The smallest absolute Gasteiger partial charge is 0.272 e. The minimum Gasteiger partial charge on any atom is -0.352 e. The summed E-state index contributed by atoms with van der Waals surface area (Å²) >= 11 is 0. The molecule has 26 heavy (non-hydrogen) atoms. The number of hydrogen-bond acceptors (Lipinski definition) is 3. The molecule has 1 fully saturated rings. The zero-order valence-corrected chi connectivity index (χ0v) is 15.0. The van der Waals surface area contributed by atoms with Gasteiger partial charge in [0.2, 0.25) is 0 Å². The maximum atomic E-state index is 12.7. The normalized spacial score (nSPS) is 14.5. The summed E-state index contributed by atoms with van der Waals surface area (Å²) in [4.78, 5) is 31.1. The van der Waals surface area contributed by atoms with Crippen molar-refractivity contribution < 1.29 is 9.59 Å². The van der Waals surface area contributed by atoms with Crippen molar-refractivity contribution in [2.24, 2.45) is 0 Å². The zero-order valence-electron chi connectivity index (χ0n) is 15.0. The maximum absolute atomic E-state index is 12.7.